The van der Waals surface area contributed by atoms with Crippen LogP contribution in [0.5, 0.6) is 0 Å². The lowest BCUT2D eigenvalue weighted by Gasteiger charge is -2.45. The summed E-state index contributed by atoms with van der Waals surface area (Å²) in [4.78, 5) is 5.34. The van der Waals surface area contributed by atoms with Crippen LogP contribution in [0, 0.1) is 0 Å². The molecule has 1 aromatic heterocycles. The van der Waals surface area contributed by atoms with Crippen molar-refractivity contribution in [2.45, 2.75) is 78.6 Å². The first kappa shape index (κ1) is 55.0. The van der Waals surface area contributed by atoms with Gasteiger partial charge in [-0.1, -0.05) is 244 Å². The van der Waals surface area contributed by atoms with Gasteiger partial charge in [-0.2, -0.15) is 0 Å². The zero-order valence-electron chi connectivity index (χ0n) is 54.7. The maximum atomic E-state index is 2.67. The lowest BCUT2D eigenvalue weighted by molar-refractivity contribution is 0.590. The molecule has 0 aliphatic carbocycles. The van der Waals surface area contributed by atoms with E-state index in [-0.39, 0.29) is 23.0 Å². The van der Waals surface area contributed by atoms with E-state index in [0.717, 1.165) is 17.1 Å². The van der Waals surface area contributed by atoms with E-state index in [2.05, 4.69) is 338 Å². The predicted octanol–water partition coefficient (Wildman–Crippen LogP) is 23.1. The number of benzene rings is 16. The van der Waals surface area contributed by atoms with Gasteiger partial charge >= 0.3 is 0 Å². The van der Waals surface area contributed by atoms with Crippen molar-refractivity contribution in [2.24, 2.45) is 0 Å². The van der Waals surface area contributed by atoms with Crippen LogP contribution >= 0.6 is 0 Å². The number of nitrogens with zero attached hydrogens (tertiary/aromatic N) is 3. The number of hydrogen-bond acceptors (Lipinski definition) is 2. The molecule has 0 unspecified atom stereocenters. The molecular formula is C90H70BN3. The molecule has 16 aromatic carbocycles. The summed E-state index contributed by atoms with van der Waals surface area (Å²) in [7, 11) is 0. The molecule has 3 heterocycles. The molecule has 19 rings (SSSR count). The third-order valence-corrected chi connectivity index (χ3v) is 21.5. The maximum absolute atomic E-state index is 2.67. The van der Waals surface area contributed by atoms with Gasteiger partial charge in [-0.05, 0) is 225 Å². The Morgan fingerprint density at radius 2 is 0.543 bits per heavy atom. The van der Waals surface area contributed by atoms with Crippen molar-refractivity contribution in [3.63, 3.8) is 0 Å². The molecule has 2 aliphatic rings. The van der Waals surface area contributed by atoms with E-state index in [1.54, 1.807) is 0 Å². The number of hydrogen-bond donors (Lipinski definition) is 0. The van der Waals surface area contributed by atoms with Crippen molar-refractivity contribution >= 4 is 176 Å². The second-order valence-electron chi connectivity index (χ2n) is 30.0. The molecule has 0 radical (unpaired) electrons. The lowest BCUT2D eigenvalue weighted by atomic mass is 9.33. The second-order valence-corrected chi connectivity index (χ2v) is 30.0. The largest absolute Gasteiger partial charge is 0.311 e. The molecule has 4 heteroatoms. The van der Waals surface area contributed by atoms with Crippen LogP contribution in [0.2, 0.25) is 0 Å². The summed E-state index contributed by atoms with van der Waals surface area (Å²) in [5.41, 5.74) is 18.1. The van der Waals surface area contributed by atoms with Crippen LogP contribution in [-0.2, 0) is 16.2 Å². The zero-order chi connectivity index (χ0) is 63.4. The summed E-state index contributed by atoms with van der Waals surface area (Å²) in [6.07, 6.45) is 0. The molecule has 0 fully saturated rings. The molecule has 448 valence electrons. The Kier molecular flexibility index (Phi) is 11.4. The van der Waals surface area contributed by atoms with Crippen molar-refractivity contribution in [3.05, 3.63) is 278 Å². The number of rotatable bonds is 3. The normalized spacial score (nSPS) is 13.5. The fourth-order valence-electron chi connectivity index (χ4n) is 16.8. The van der Waals surface area contributed by atoms with E-state index >= 15 is 0 Å². The van der Waals surface area contributed by atoms with E-state index in [0.29, 0.717) is 0 Å². The first-order valence-electron chi connectivity index (χ1n) is 33.6. The van der Waals surface area contributed by atoms with E-state index < -0.39 is 0 Å². The number of aromatic nitrogens is 1. The van der Waals surface area contributed by atoms with Gasteiger partial charge in [-0.15, -0.1) is 0 Å². The van der Waals surface area contributed by atoms with Crippen molar-refractivity contribution in [2.75, 3.05) is 9.80 Å². The Bertz CT molecular complexity index is 6060. The summed E-state index contributed by atoms with van der Waals surface area (Å²) < 4.78 is 2.56. The minimum Gasteiger partial charge on any atom is -0.311 e. The Labute approximate surface area is 548 Å². The molecule has 0 saturated heterocycles. The van der Waals surface area contributed by atoms with Crippen LogP contribution in [-0.4, -0.2) is 11.3 Å². The van der Waals surface area contributed by atoms with Crippen molar-refractivity contribution in [1.29, 1.82) is 0 Å². The second kappa shape index (κ2) is 19.4. The quantitative estimate of drug-likeness (QED) is 0.129. The van der Waals surface area contributed by atoms with Gasteiger partial charge in [-0.3, -0.25) is 0 Å². The highest BCUT2D eigenvalue weighted by Gasteiger charge is 2.45. The van der Waals surface area contributed by atoms with Crippen LogP contribution in [0.25, 0.3) is 124 Å². The third-order valence-electron chi connectivity index (χ3n) is 21.5. The molecular weight excluding hydrogens is 1130 g/mol. The fraction of sp³-hybridized carbons (Fsp3) is 0.133. The van der Waals surface area contributed by atoms with Crippen LogP contribution in [0.4, 0.5) is 34.1 Å². The van der Waals surface area contributed by atoms with Crippen LogP contribution < -0.4 is 26.2 Å². The van der Waals surface area contributed by atoms with E-state index in [1.807, 2.05) is 0 Å². The fourth-order valence-corrected chi connectivity index (χ4v) is 16.8. The van der Waals surface area contributed by atoms with Crippen LogP contribution in [0.3, 0.4) is 0 Å². The molecule has 0 saturated carbocycles. The van der Waals surface area contributed by atoms with Crippen molar-refractivity contribution in [1.82, 2.24) is 4.57 Å². The first-order valence-corrected chi connectivity index (χ1v) is 33.6. The van der Waals surface area contributed by atoms with E-state index in [1.165, 1.54) is 175 Å². The molecule has 2 aliphatic heterocycles. The van der Waals surface area contributed by atoms with Crippen LogP contribution in [0.15, 0.2) is 261 Å². The minimum absolute atomic E-state index is 0.0274. The Hall–Kier alpha value is -10.7. The van der Waals surface area contributed by atoms with Gasteiger partial charge in [0.1, 0.15) is 0 Å². The number of fused-ring (bicyclic) bond motifs is 25. The topological polar surface area (TPSA) is 11.4 Å². The van der Waals surface area contributed by atoms with E-state index in [4.69, 9.17) is 0 Å². The highest BCUT2D eigenvalue weighted by atomic mass is 15.2. The van der Waals surface area contributed by atoms with Gasteiger partial charge in [0.05, 0.1) is 11.0 Å². The molecule has 0 bridgehead atoms. The Balaban J connectivity index is 0.962. The highest BCUT2D eigenvalue weighted by Crippen LogP contribution is 2.51. The summed E-state index contributed by atoms with van der Waals surface area (Å²) in [5, 5.41) is 25.3. The molecule has 17 aromatic rings. The summed E-state index contributed by atoms with van der Waals surface area (Å²) in [6.45, 7) is 21.0. The van der Waals surface area contributed by atoms with Gasteiger partial charge in [0, 0.05) is 50.6 Å². The zero-order valence-corrected chi connectivity index (χ0v) is 54.7. The predicted molar refractivity (Wildman–Crippen MR) is 408 cm³/mol. The van der Waals surface area contributed by atoms with Gasteiger partial charge in [0.2, 0.25) is 0 Å². The number of anilines is 6. The molecule has 3 nitrogen and oxygen atoms in total. The SMILES string of the molecule is CC(C)(C)c1cc2c3c(c1)N(c1ccc4c5ccccc5c5ccccc5c4c1)c1cc4c5ccccc5c5ccccc5c4cc1B3c1ccc(-n3c4ccc(C(C)(C)C)cc4c4cc(C(C)(C)C)ccc43)cc1N2c1ccc2c3ccccc3c3ccccc3c2c1. The monoisotopic (exact) mass is 1200 g/mol. The Morgan fingerprint density at radius 3 is 0.915 bits per heavy atom. The molecule has 94 heavy (non-hydrogen) atoms. The van der Waals surface area contributed by atoms with E-state index in [9.17, 15) is 0 Å². The summed E-state index contributed by atoms with van der Waals surface area (Å²) in [6, 6.07) is 101. The molecule has 0 N–H and O–H groups in total. The Morgan fingerprint density at radius 1 is 0.223 bits per heavy atom. The maximum Gasteiger partial charge on any atom is 0.252 e. The van der Waals surface area contributed by atoms with Gasteiger partial charge < -0.3 is 14.4 Å². The smallest absolute Gasteiger partial charge is 0.252 e. The highest BCUT2D eigenvalue weighted by molar-refractivity contribution is 7.00. The average molecular weight is 1200 g/mol. The van der Waals surface area contributed by atoms with Crippen molar-refractivity contribution < 1.29 is 0 Å². The molecule has 0 amide bonds. The third kappa shape index (κ3) is 7.86. The standard InChI is InChI=1S/C90H70BN3/c1-88(2,3)53-34-42-81-77(44-53)78-45-54(89(4,5)6)35-43-82(78)92(81)58-38-41-79-83(50-58)93(56-36-39-71-65-28-12-10-22-59(65)61-24-14-18-30-67(61)73(71)48-56)85-46-55(90(7,8)9)47-86-87(85)91(79)80-51-75-69-32-20-16-26-63(69)64-27-17-21-33-70(64)76(75)52-84(80)94(86)57-37-40-72-66-29-13-11-23-60(66)62-25-15-19-31-68(62)74(72)49-57/h10-52H,1-9H3. The average Bonchev–Trinajstić information content (AvgIpc) is 0.801. The van der Waals surface area contributed by atoms with Gasteiger partial charge in [0.15, 0.2) is 0 Å². The summed E-state index contributed by atoms with van der Waals surface area (Å²) in [5.74, 6) is 0. The molecule has 0 atom stereocenters. The first-order chi connectivity index (χ1) is 45.5. The summed E-state index contributed by atoms with van der Waals surface area (Å²) >= 11 is 0. The molecule has 0 spiro atoms. The lowest BCUT2D eigenvalue weighted by Crippen LogP contribution is -2.61. The van der Waals surface area contributed by atoms with Gasteiger partial charge in [0.25, 0.3) is 6.71 Å². The van der Waals surface area contributed by atoms with Crippen molar-refractivity contribution in [3.8, 4) is 5.69 Å². The van der Waals surface area contributed by atoms with Gasteiger partial charge in [-0.25, -0.2) is 0 Å². The minimum atomic E-state index is -0.239. The van der Waals surface area contributed by atoms with Crippen LogP contribution in [0.1, 0.15) is 79.0 Å².